The zero-order chi connectivity index (χ0) is 9.90. The van der Waals surface area contributed by atoms with Crippen molar-refractivity contribution in [2.45, 2.75) is 18.8 Å². The van der Waals surface area contributed by atoms with Crippen LogP contribution in [0.4, 0.5) is 8.78 Å². The maximum Gasteiger partial charge on any atom is 0.306 e. The number of esters is 1. The molecular weight excluding hydrogens is 198 g/mol. The second-order valence-corrected chi connectivity index (χ2v) is 4.21. The van der Waals surface area contributed by atoms with Gasteiger partial charge in [0.2, 0.25) is 0 Å². The predicted molar refractivity (Wildman–Crippen MR) is 47.0 cm³/mol. The topological polar surface area (TPSA) is 26.3 Å². The monoisotopic (exact) mass is 210 g/mol. The van der Waals surface area contributed by atoms with Gasteiger partial charge < -0.3 is 4.74 Å². The summed E-state index contributed by atoms with van der Waals surface area (Å²) in [4.78, 5) is 10.6. The zero-order valence-corrected chi connectivity index (χ0v) is 8.20. The molecule has 1 atom stereocenters. The molecule has 1 aliphatic carbocycles. The summed E-state index contributed by atoms with van der Waals surface area (Å²) in [5, 5.41) is 0. The van der Waals surface area contributed by atoms with Gasteiger partial charge in [-0.1, -0.05) is 0 Å². The van der Waals surface area contributed by atoms with Crippen molar-refractivity contribution in [3.63, 3.8) is 0 Å². The summed E-state index contributed by atoms with van der Waals surface area (Å²) in [6, 6.07) is 0. The zero-order valence-electron chi connectivity index (χ0n) is 7.39. The van der Waals surface area contributed by atoms with Crippen molar-refractivity contribution in [2.24, 2.45) is 5.92 Å². The van der Waals surface area contributed by atoms with E-state index >= 15 is 0 Å². The lowest BCUT2D eigenvalue weighted by Gasteiger charge is -1.99. The second-order valence-electron chi connectivity index (χ2n) is 3.06. The first-order valence-electron chi connectivity index (χ1n) is 4.08. The molecule has 0 bridgehead atoms. The van der Waals surface area contributed by atoms with Crippen LogP contribution in [0.2, 0.25) is 0 Å². The minimum Gasteiger partial charge on any atom is -0.469 e. The molecule has 1 rings (SSSR count). The van der Waals surface area contributed by atoms with E-state index in [0.717, 1.165) is 0 Å². The fourth-order valence-electron chi connectivity index (χ4n) is 0.934. The Morgan fingerprint density at radius 1 is 1.69 bits per heavy atom. The standard InChI is InChI=1S/C8H12F2O2S/c1-12-7(11)2-3-13-5-6-4-8(6,9)10/h6H,2-5H2,1H3. The van der Waals surface area contributed by atoms with Crippen LogP contribution in [0.3, 0.4) is 0 Å². The van der Waals surface area contributed by atoms with Crippen LogP contribution in [0.5, 0.6) is 0 Å². The molecule has 0 radical (unpaired) electrons. The van der Waals surface area contributed by atoms with Crippen LogP contribution in [-0.4, -0.2) is 30.5 Å². The summed E-state index contributed by atoms with van der Waals surface area (Å²) >= 11 is 1.39. The van der Waals surface area contributed by atoms with E-state index in [0.29, 0.717) is 17.9 Å². The minimum atomic E-state index is -2.43. The van der Waals surface area contributed by atoms with Crippen molar-refractivity contribution >= 4 is 17.7 Å². The van der Waals surface area contributed by atoms with Crippen LogP contribution in [0.15, 0.2) is 0 Å². The van der Waals surface area contributed by atoms with E-state index in [1.54, 1.807) is 0 Å². The normalized spacial score (nSPS) is 24.1. The smallest absolute Gasteiger partial charge is 0.306 e. The molecular formula is C8H12F2O2S. The number of hydrogen-bond acceptors (Lipinski definition) is 3. The lowest BCUT2D eigenvalue weighted by Crippen LogP contribution is -2.02. The molecule has 0 heterocycles. The van der Waals surface area contributed by atoms with E-state index < -0.39 is 11.8 Å². The van der Waals surface area contributed by atoms with E-state index in [1.165, 1.54) is 18.9 Å². The molecule has 13 heavy (non-hydrogen) atoms. The Kier molecular flexibility index (Phi) is 3.53. The van der Waals surface area contributed by atoms with Crippen LogP contribution in [0.1, 0.15) is 12.8 Å². The summed E-state index contributed by atoms with van der Waals surface area (Å²) < 4.78 is 29.1. The number of methoxy groups -OCH3 is 1. The lowest BCUT2D eigenvalue weighted by atomic mass is 10.5. The molecule has 2 nitrogen and oxygen atoms in total. The van der Waals surface area contributed by atoms with Crippen LogP contribution in [0, 0.1) is 5.92 Å². The van der Waals surface area contributed by atoms with Gasteiger partial charge in [0.05, 0.1) is 13.5 Å². The lowest BCUT2D eigenvalue weighted by molar-refractivity contribution is -0.140. The van der Waals surface area contributed by atoms with Gasteiger partial charge in [-0.2, -0.15) is 11.8 Å². The molecule has 0 N–H and O–H groups in total. The molecule has 0 aliphatic heterocycles. The number of carbonyl (C=O) groups excluding carboxylic acids is 1. The third-order valence-corrected chi connectivity index (χ3v) is 3.08. The Hall–Kier alpha value is -0.320. The first-order valence-corrected chi connectivity index (χ1v) is 5.24. The first-order chi connectivity index (χ1) is 6.06. The molecule has 5 heteroatoms. The highest BCUT2D eigenvalue weighted by Gasteiger charge is 2.56. The summed E-state index contributed by atoms with van der Waals surface area (Å²) in [7, 11) is 1.32. The quantitative estimate of drug-likeness (QED) is 0.512. The maximum atomic E-state index is 12.3. The van der Waals surface area contributed by atoms with Gasteiger partial charge in [-0.25, -0.2) is 8.78 Å². The summed E-state index contributed by atoms with van der Waals surface area (Å²) in [5.74, 6) is -2.16. The average Bonchev–Trinajstić information content (AvgIpc) is 2.67. The third-order valence-electron chi connectivity index (χ3n) is 1.95. The minimum absolute atomic E-state index is 0.0121. The number of rotatable bonds is 5. The number of ether oxygens (including phenoxy) is 1. The Morgan fingerprint density at radius 2 is 2.31 bits per heavy atom. The van der Waals surface area contributed by atoms with E-state index in [1.807, 2.05) is 0 Å². The Balaban J connectivity index is 1.94. The highest BCUT2D eigenvalue weighted by atomic mass is 32.2. The molecule has 0 amide bonds. The van der Waals surface area contributed by atoms with Crippen molar-refractivity contribution in [3.8, 4) is 0 Å². The van der Waals surface area contributed by atoms with Crippen molar-refractivity contribution in [1.82, 2.24) is 0 Å². The average molecular weight is 210 g/mol. The van der Waals surface area contributed by atoms with Crippen molar-refractivity contribution in [2.75, 3.05) is 18.6 Å². The van der Waals surface area contributed by atoms with Crippen LogP contribution < -0.4 is 0 Å². The van der Waals surface area contributed by atoms with E-state index in [-0.39, 0.29) is 12.4 Å². The van der Waals surface area contributed by atoms with Gasteiger partial charge in [-0.3, -0.25) is 4.79 Å². The molecule has 0 aromatic heterocycles. The molecule has 1 saturated carbocycles. The third kappa shape index (κ3) is 3.50. The summed E-state index contributed by atoms with van der Waals surface area (Å²) in [6.07, 6.45) is 0.317. The van der Waals surface area contributed by atoms with E-state index in [4.69, 9.17) is 0 Å². The van der Waals surface area contributed by atoms with Gasteiger partial charge >= 0.3 is 5.97 Å². The fraction of sp³-hybridized carbons (Fsp3) is 0.875. The van der Waals surface area contributed by atoms with Gasteiger partial charge in [-0.15, -0.1) is 0 Å². The molecule has 1 aliphatic rings. The summed E-state index contributed by atoms with van der Waals surface area (Å²) in [5.41, 5.74) is 0. The Bertz CT molecular complexity index is 197. The molecule has 1 unspecified atom stereocenters. The number of carbonyl (C=O) groups is 1. The highest BCUT2D eigenvalue weighted by molar-refractivity contribution is 7.99. The van der Waals surface area contributed by atoms with Crippen LogP contribution in [0.25, 0.3) is 0 Å². The molecule has 0 spiro atoms. The van der Waals surface area contributed by atoms with Gasteiger partial charge in [0.15, 0.2) is 0 Å². The molecule has 0 aromatic carbocycles. The van der Waals surface area contributed by atoms with E-state index in [9.17, 15) is 13.6 Å². The first kappa shape index (κ1) is 10.8. The SMILES string of the molecule is COC(=O)CCSCC1CC1(F)F. The highest BCUT2D eigenvalue weighted by Crippen LogP contribution is 2.50. The maximum absolute atomic E-state index is 12.3. The predicted octanol–water partition coefficient (Wildman–Crippen LogP) is 1.94. The van der Waals surface area contributed by atoms with Crippen LogP contribution >= 0.6 is 11.8 Å². The van der Waals surface area contributed by atoms with Gasteiger partial charge in [0, 0.05) is 23.8 Å². The Labute approximate surface area is 80.0 Å². The number of halogens is 2. The number of alkyl halides is 2. The fourth-order valence-corrected chi connectivity index (χ4v) is 2.06. The second kappa shape index (κ2) is 4.26. The number of hydrogen-bond donors (Lipinski definition) is 0. The van der Waals surface area contributed by atoms with Gasteiger partial charge in [-0.05, 0) is 0 Å². The van der Waals surface area contributed by atoms with Gasteiger partial charge in [0.1, 0.15) is 0 Å². The van der Waals surface area contributed by atoms with Crippen molar-refractivity contribution in [1.29, 1.82) is 0 Å². The van der Waals surface area contributed by atoms with E-state index in [2.05, 4.69) is 4.74 Å². The molecule has 1 fully saturated rings. The summed E-state index contributed by atoms with van der Waals surface area (Å²) in [6.45, 7) is 0. The largest absolute Gasteiger partial charge is 0.469 e. The Morgan fingerprint density at radius 3 is 2.77 bits per heavy atom. The van der Waals surface area contributed by atoms with Crippen molar-refractivity contribution in [3.05, 3.63) is 0 Å². The van der Waals surface area contributed by atoms with Crippen LogP contribution in [-0.2, 0) is 9.53 Å². The van der Waals surface area contributed by atoms with Crippen molar-refractivity contribution < 1.29 is 18.3 Å². The number of thioether (sulfide) groups is 1. The molecule has 0 saturated heterocycles. The molecule has 0 aromatic rings. The molecule has 76 valence electrons. The van der Waals surface area contributed by atoms with Gasteiger partial charge in [0.25, 0.3) is 5.92 Å².